The van der Waals surface area contributed by atoms with Crippen LogP contribution in [0.25, 0.3) is 0 Å². The average Bonchev–Trinajstić information content (AvgIpc) is 2.33. The van der Waals surface area contributed by atoms with Gasteiger partial charge in [0.1, 0.15) is 5.75 Å². The molecule has 0 saturated carbocycles. The molecule has 2 nitrogen and oxygen atoms in total. The molecule has 0 aliphatic rings. The number of aromatic nitrogens is 1. The summed E-state index contributed by atoms with van der Waals surface area (Å²) < 4.78 is 0. The van der Waals surface area contributed by atoms with E-state index in [9.17, 15) is 5.11 Å². The highest BCUT2D eigenvalue weighted by Crippen LogP contribution is 2.20. The van der Waals surface area contributed by atoms with Gasteiger partial charge in [-0.05, 0) is 30.2 Å². The Morgan fingerprint density at radius 1 is 1.06 bits per heavy atom. The van der Waals surface area contributed by atoms with E-state index in [1.54, 1.807) is 24.0 Å². The molecule has 1 N–H and O–H groups in total. The highest BCUT2D eigenvalue weighted by atomic mass is 32.2. The van der Waals surface area contributed by atoms with Gasteiger partial charge < -0.3 is 5.11 Å². The minimum Gasteiger partial charge on any atom is -0.508 e. The first kappa shape index (κ1) is 11.0. The van der Waals surface area contributed by atoms with Gasteiger partial charge in [0, 0.05) is 11.9 Å². The van der Waals surface area contributed by atoms with E-state index in [1.807, 2.05) is 36.4 Å². The van der Waals surface area contributed by atoms with E-state index in [0.29, 0.717) is 5.75 Å². The van der Waals surface area contributed by atoms with Crippen molar-refractivity contribution in [1.29, 1.82) is 0 Å². The van der Waals surface area contributed by atoms with Crippen LogP contribution in [-0.4, -0.2) is 15.8 Å². The Labute approximate surface area is 99.4 Å². The lowest BCUT2D eigenvalue weighted by molar-refractivity contribution is 0.469. The first-order chi connectivity index (χ1) is 7.86. The second-order valence-electron chi connectivity index (χ2n) is 3.40. The molecular weight excluding hydrogens is 218 g/mol. The van der Waals surface area contributed by atoms with Crippen LogP contribution in [0.5, 0.6) is 5.75 Å². The highest BCUT2D eigenvalue weighted by molar-refractivity contribution is 7.99. The van der Waals surface area contributed by atoms with Crippen LogP contribution in [0.15, 0.2) is 53.7 Å². The predicted molar refractivity (Wildman–Crippen MR) is 66.8 cm³/mol. The van der Waals surface area contributed by atoms with Gasteiger partial charge in [-0.15, -0.1) is 11.8 Å². The lowest BCUT2D eigenvalue weighted by Crippen LogP contribution is -1.89. The molecule has 1 aromatic carbocycles. The third-order valence-corrected chi connectivity index (χ3v) is 3.20. The Kier molecular flexibility index (Phi) is 3.83. The standard InChI is InChI=1S/C13H13NOS/c15-12-6-2-1-5-11(12)8-10-16-13-7-3-4-9-14-13/h1-7,9,15H,8,10H2. The van der Waals surface area contributed by atoms with E-state index < -0.39 is 0 Å². The number of nitrogens with zero attached hydrogens (tertiary/aromatic N) is 1. The van der Waals surface area contributed by atoms with E-state index in [2.05, 4.69) is 4.98 Å². The number of hydrogen-bond donors (Lipinski definition) is 1. The Balaban J connectivity index is 1.87. The second kappa shape index (κ2) is 5.56. The maximum Gasteiger partial charge on any atom is 0.118 e. The van der Waals surface area contributed by atoms with Crippen molar-refractivity contribution < 1.29 is 5.11 Å². The number of aromatic hydroxyl groups is 1. The van der Waals surface area contributed by atoms with Gasteiger partial charge in [0.15, 0.2) is 0 Å². The zero-order chi connectivity index (χ0) is 11.2. The predicted octanol–water partition coefficient (Wildman–Crippen LogP) is 3.12. The van der Waals surface area contributed by atoms with Crippen LogP contribution in [0.2, 0.25) is 0 Å². The first-order valence-electron chi connectivity index (χ1n) is 5.17. The quantitative estimate of drug-likeness (QED) is 0.821. The molecule has 1 heterocycles. The molecular formula is C13H13NOS. The third-order valence-electron chi connectivity index (χ3n) is 2.25. The van der Waals surface area contributed by atoms with Gasteiger partial charge in [0.25, 0.3) is 0 Å². The normalized spacial score (nSPS) is 10.2. The molecule has 0 saturated heterocycles. The molecule has 2 rings (SSSR count). The minimum atomic E-state index is 0.379. The molecule has 0 atom stereocenters. The molecule has 0 spiro atoms. The van der Waals surface area contributed by atoms with E-state index in [-0.39, 0.29) is 0 Å². The second-order valence-corrected chi connectivity index (χ2v) is 4.51. The minimum absolute atomic E-state index is 0.379. The topological polar surface area (TPSA) is 33.1 Å². The smallest absolute Gasteiger partial charge is 0.118 e. The van der Waals surface area contributed by atoms with Crippen molar-refractivity contribution >= 4 is 11.8 Å². The van der Waals surface area contributed by atoms with Gasteiger partial charge in [-0.1, -0.05) is 24.3 Å². The Morgan fingerprint density at radius 2 is 1.88 bits per heavy atom. The van der Waals surface area contributed by atoms with E-state index >= 15 is 0 Å². The van der Waals surface area contributed by atoms with Crippen molar-refractivity contribution in [3.05, 3.63) is 54.2 Å². The molecule has 1 aromatic heterocycles. The Bertz CT molecular complexity index is 445. The number of phenolic OH excluding ortho intramolecular Hbond substituents is 1. The molecule has 0 fully saturated rings. The molecule has 16 heavy (non-hydrogen) atoms. The maximum atomic E-state index is 9.58. The van der Waals surface area contributed by atoms with Gasteiger partial charge in [-0.25, -0.2) is 4.98 Å². The maximum absolute atomic E-state index is 9.58. The molecule has 3 heteroatoms. The largest absolute Gasteiger partial charge is 0.508 e. The fourth-order valence-electron chi connectivity index (χ4n) is 1.42. The van der Waals surface area contributed by atoms with Gasteiger partial charge in [-0.2, -0.15) is 0 Å². The van der Waals surface area contributed by atoms with Crippen molar-refractivity contribution in [3.63, 3.8) is 0 Å². The van der Waals surface area contributed by atoms with Crippen LogP contribution in [0.3, 0.4) is 0 Å². The van der Waals surface area contributed by atoms with Crippen LogP contribution in [-0.2, 0) is 6.42 Å². The summed E-state index contributed by atoms with van der Waals surface area (Å²) in [6, 6.07) is 13.3. The molecule has 2 aromatic rings. The number of rotatable bonds is 4. The monoisotopic (exact) mass is 231 g/mol. The number of benzene rings is 1. The van der Waals surface area contributed by atoms with E-state index in [0.717, 1.165) is 22.8 Å². The van der Waals surface area contributed by atoms with Crippen molar-refractivity contribution in [2.75, 3.05) is 5.75 Å². The van der Waals surface area contributed by atoms with Gasteiger partial charge in [-0.3, -0.25) is 0 Å². The molecule has 0 amide bonds. The van der Waals surface area contributed by atoms with Crippen molar-refractivity contribution in [1.82, 2.24) is 4.98 Å². The number of hydrogen-bond acceptors (Lipinski definition) is 3. The third kappa shape index (κ3) is 3.00. The van der Waals surface area contributed by atoms with Crippen molar-refractivity contribution in [3.8, 4) is 5.75 Å². The molecule has 0 aliphatic carbocycles. The summed E-state index contributed by atoms with van der Waals surface area (Å²) in [6.07, 6.45) is 2.65. The first-order valence-corrected chi connectivity index (χ1v) is 6.15. The van der Waals surface area contributed by atoms with E-state index in [4.69, 9.17) is 0 Å². The van der Waals surface area contributed by atoms with Crippen LogP contribution < -0.4 is 0 Å². The highest BCUT2D eigenvalue weighted by Gasteiger charge is 2.00. The van der Waals surface area contributed by atoms with Crippen molar-refractivity contribution in [2.24, 2.45) is 0 Å². The van der Waals surface area contributed by atoms with Crippen LogP contribution in [0.1, 0.15) is 5.56 Å². The van der Waals surface area contributed by atoms with Crippen molar-refractivity contribution in [2.45, 2.75) is 11.4 Å². The molecule has 0 unspecified atom stereocenters. The number of phenols is 1. The summed E-state index contributed by atoms with van der Waals surface area (Å²) in [4.78, 5) is 4.23. The summed E-state index contributed by atoms with van der Waals surface area (Å²) in [5.41, 5.74) is 0.992. The molecule has 0 radical (unpaired) electrons. The Morgan fingerprint density at radius 3 is 2.62 bits per heavy atom. The summed E-state index contributed by atoms with van der Waals surface area (Å²) >= 11 is 1.70. The average molecular weight is 231 g/mol. The SMILES string of the molecule is Oc1ccccc1CCSc1ccccn1. The zero-order valence-corrected chi connectivity index (χ0v) is 9.65. The van der Waals surface area contributed by atoms with Gasteiger partial charge in [0.05, 0.1) is 5.03 Å². The number of aryl methyl sites for hydroxylation is 1. The van der Waals surface area contributed by atoms with Crippen LogP contribution >= 0.6 is 11.8 Å². The summed E-state index contributed by atoms with van der Waals surface area (Å²) in [5.74, 6) is 1.30. The fourth-order valence-corrected chi connectivity index (χ4v) is 2.26. The van der Waals surface area contributed by atoms with Crippen LogP contribution in [0, 0.1) is 0 Å². The fraction of sp³-hybridized carbons (Fsp3) is 0.154. The lowest BCUT2D eigenvalue weighted by Gasteiger charge is -2.03. The number of pyridine rings is 1. The lowest BCUT2D eigenvalue weighted by atomic mass is 10.1. The van der Waals surface area contributed by atoms with Crippen LogP contribution in [0.4, 0.5) is 0 Å². The molecule has 0 bridgehead atoms. The number of thioether (sulfide) groups is 1. The Hall–Kier alpha value is -1.48. The zero-order valence-electron chi connectivity index (χ0n) is 8.84. The molecule has 82 valence electrons. The summed E-state index contributed by atoms with van der Waals surface area (Å²) in [5, 5.41) is 10.6. The van der Waals surface area contributed by atoms with E-state index in [1.165, 1.54) is 0 Å². The number of para-hydroxylation sites is 1. The van der Waals surface area contributed by atoms with Gasteiger partial charge in [0.2, 0.25) is 0 Å². The molecule has 0 aliphatic heterocycles. The van der Waals surface area contributed by atoms with Gasteiger partial charge >= 0.3 is 0 Å². The summed E-state index contributed by atoms with van der Waals surface area (Å²) in [6.45, 7) is 0. The summed E-state index contributed by atoms with van der Waals surface area (Å²) in [7, 11) is 0.